The van der Waals surface area contributed by atoms with Crippen LogP contribution in [0.5, 0.6) is 0 Å². The van der Waals surface area contributed by atoms with Crippen molar-refractivity contribution in [3.8, 4) is 18.2 Å². The van der Waals surface area contributed by atoms with E-state index < -0.39 is 0 Å². The van der Waals surface area contributed by atoms with Gasteiger partial charge in [-0.3, -0.25) is 0 Å². The van der Waals surface area contributed by atoms with Crippen LogP contribution in [0.15, 0.2) is 75.3 Å². The lowest BCUT2D eigenvalue weighted by Crippen LogP contribution is -2.14. The van der Waals surface area contributed by atoms with E-state index in [0.29, 0.717) is 5.84 Å². The van der Waals surface area contributed by atoms with Crippen molar-refractivity contribution in [3.63, 3.8) is 0 Å². The standard InChI is InChI=1S/C18H10BrN5/c19-15-6-8-16(9-7-15)23-18(13-4-2-1-3-5-13)24-17(12-22)14(10-20)11-21/h1-9H,(H,23,24). The van der Waals surface area contributed by atoms with Crippen molar-refractivity contribution < 1.29 is 0 Å². The predicted molar refractivity (Wildman–Crippen MR) is 94.6 cm³/mol. The molecule has 0 fully saturated rings. The van der Waals surface area contributed by atoms with Gasteiger partial charge in [0.1, 0.15) is 24.0 Å². The number of hydrogen-bond donors (Lipinski definition) is 1. The van der Waals surface area contributed by atoms with Gasteiger partial charge in [0.05, 0.1) is 0 Å². The lowest BCUT2D eigenvalue weighted by Gasteiger charge is -2.10. The summed E-state index contributed by atoms with van der Waals surface area (Å²) in [4.78, 5) is 4.19. The molecule has 6 heteroatoms. The molecule has 0 spiro atoms. The summed E-state index contributed by atoms with van der Waals surface area (Å²) in [6.07, 6.45) is 0. The number of nitriles is 3. The highest BCUT2D eigenvalue weighted by atomic mass is 79.9. The molecule has 2 rings (SSSR count). The molecule has 5 nitrogen and oxygen atoms in total. The molecule has 0 saturated heterocycles. The van der Waals surface area contributed by atoms with Gasteiger partial charge in [0.2, 0.25) is 0 Å². The third-order valence-corrected chi connectivity index (χ3v) is 3.47. The molecule has 0 aromatic heterocycles. The normalized spacial score (nSPS) is 10.0. The zero-order valence-electron chi connectivity index (χ0n) is 12.4. The van der Waals surface area contributed by atoms with Crippen LogP contribution < -0.4 is 5.32 Å². The number of nitrogens with zero attached hydrogens (tertiary/aromatic N) is 4. The summed E-state index contributed by atoms with van der Waals surface area (Å²) < 4.78 is 0.931. The quantitative estimate of drug-likeness (QED) is 0.495. The molecule has 1 N–H and O–H groups in total. The second kappa shape index (κ2) is 8.29. The molecule has 0 bridgehead atoms. The van der Waals surface area contributed by atoms with Gasteiger partial charge >= 0.3 is 0 Å². The van der Waals surface area contributed by atoms with Crippen LogP contribution in [0.3, 0.4) is 0 Å². The van der Waals surface area contributed by atoms with Crippen molar-refractivity contribution in [2.75, 3.05) is 5.32 Å². The van der Waals surface area contributed by atoms with E-state index in [0.717, 1.165) is 15.7 Å². The minimum atomic E-state index is -0.330. The van der Waals surface area contributed by atoms with Crippen LogP contribution in [-0.2, 0) is 0 Å². The van der Waals surface area contributed by atoms with Gasteiger partial charge in [-0.15, -0.1) is 0 Å². The van der Waals surface area contributed by atoms with Gasteiger partial charge in [-0.1, -0.05) is 46.3 Å². The second-order valence-corrected chi connectivity index (χ2v) is 5.43. The summed E-state index contributed by atoms with van der Waals surface area (Å²) in [5, 5.41) is 30.2. The molecule has 114 valence electrons. The fourth-order valence-electron chi connectivity index (χ4n) is 1.81. The molecule has 0 aliphatic heterocycles. The van der Waals surface area contributed by atoms with Gasteiger partial charge in [-0.2, -0.15) is 15.8 Å². The number of anilines is 1. The zero-order valence-corrected chi connectivity index (χ0v) is 13.9. The van der Waals surface area contributed by atoms with Crippen molar-refractivity contribution in [3.05, 3.63) is 75.9 Å². The maximum Gasteiger partial charge on any atom is 0.171 e. The Balaban J connectivity index is 2.52. The van der Waals surface area contributed by atoms with Crippen molar-refractivity contribution in [2.24, 2.45) is 4.99 Å². The topological polar surface area (TPSA) is 95.8 Å². The largest absolute Gasteiger partial charge is 0.340 e. The third kappa shape index (κ3) is 4.30. The van der Waals surface area contributed by atoms with Crippen molar-refractivity contribution >= 4 is 27.5 Å². The first kappa shape index (κ1) is 17.0. The molecule has 0 atom stereocenters. The van der Waals surface area contributed by atoms with Crippen LogP contribution in [-0.4, -0.2) is 5.84 Å². The van der Waals surface area contributed by atoms with Crippen molar-refractivity contribution in [1.29, 1.82) is 15.8 Å². The Bertz CT molecular complexity index is 891. The monoisotopic (exact) mass is 375 g/mol. The molecule has 0 saturated carbocycles. The zero-order chi connectivity index (χ0) is 17.4. The van der Waals surface area contributed by atoms with E-state index >= 15 is 0 Å². The highest BCUT2D eigenvalue weighted by molar-refractivity contribution is 9.10. The average Bonchev–Trinajstić information content (AvgIpc) is 2.63. The maximum absolute atomic E-state index is 9.21. The van der Waals surface area contributed by atoms with E-state index in [-0.39, 0.29) is 11.3 Å². The fraction of sp³-hybridized carbons (Fsp3) is 0. The van der Waals surface area contributed by atoms with Gasteiger partial charge < -0.3 is 5.32 Å². The van der Waals surface area contributed by atoms with Crippen LogP contribution in [0.25, 0.3) is 0 Å². The van der Waals surface area contributed by atoms with E-state index in [9.17, 15) is 5.26 Å². The molecular formula is C18H10BrN5. The van der Waals surface area contributed by atoms with Gasteiger partial charge in [0.25, 0.3) is 0 Å². The second-order valence-electron chi connectivity index (χ2n) is 4.52. The molecule has 24 heavy (non-hydrogen) atoms. The third-order valence-electron chi connectivity index (χ3n) is 2.94. The molecule has 2 aromatic carbocycles. The highest BCUT2D eigenvalue weighted by Gasteiger charge is 2.09. The SMILES string of the molecule is N#CC(C#N)=C(C#N)N=C(Nc1ccc(Br)cc1)c1ccccc1. The van der Waals surface area contributed by atoms with Crippen LogP contribution >= 0.6 is 15.9 Å². The minimum absolute atomic E-state index is 0.233. The molecule has 0 unspecified atom stereocenters. The van der Waals surface area contributed by atoms with Gasteiger partial charge in [0.15, 0.2) is 11.3 Å². The first-order valence-corrected chi connectivity index (χ1v) is 7.58. The number of aliphatic imine (C=N–C) groups is 1. The lowest BCUT2D eigenvalue weighted by atomic mass is 10.2. The minimum Gasteiger partial charge on any atom is -0.340 e. The van der Waals surface area contributed by atoms with E-state index in [2.05, 4.69) is 26.2 Å². The molecule has 0 amide bonds. The Labute approximate surface area is 147 Å². The van der Waals surface area contributed by atoms with Gasteiger partial charge in [0, 0.05) is 15.7 Å². The maximum atomic E-state index is 9.21. The molecular weight excluding hydrogens is 366 g/mol. The summed E-state index contributed by atoms with van der Waals surface area (Å²) >= 11 is 3.37. The molecule has 0 aliphatic carbocycles. The Hall–Kier alpha value is -3.40. The summed E-state index contributed by atoms with van der Waals surface area (Å²) in [6, 6.07) is 21.7. The Morgan fingerprint density at radius 1 is 0.875 bits per heavy atom. The molecule has 0 aliphatic rings. The van der Waals surface area contributed by atoms with Crippen molar-refractivity contribution in [2.45, 2.75) is 0 Å². The molecule has 2 aromatic rings. The summed E-state index contributed by atoms with van der Waals surface area (Å²) in [7, 11) is 0. The van der Waals surface area contributed by atoms with Crippen LogP contribution in [0.2, 0.25) is 0 Å². The van der Waals surface area contributed by atoms with E-state index in [1.54, 1.807) is 18.2 Å². The number of halogens is 1. The number of allylic oxidation sites excluding steroid dienone is 2. The fourth-order valence-corrected chi connectivity index (χ4v) is 2.07. The average molecular weight is 376 g/mol. The van der Waals surface area contributed by atoms with E-state index in [1.165, 1.54) is 0 Å². The number of nitrogens with one attached hydrogen (secondary N) is 1. The molecule has 0 heterocycles. The lowest BCUT2D eigenvalue weighted by molar-refractivity contribution is 1.32. The van der Waals surface area contributed by atoms with E-state index in [4.69, 9.17) is 10.5 Å². The summed E-state index contributed by atoms with van der Waals surface area (Å²) in [6.45, 7) is 0. The Morgan fingerprint density at radius 3 is 2.04 bits per heavy atom. The number of hydrogen-bond acceptors (Lipinski definition) is 4. The summed E-state index contributed by atoms with van der Waals surface area (Å²) in [5.74, 6) is 0.373. The highest BCUT2D eigenvalue weighted by Crippen LogP contribution is 2.16. The number of rotatable bonds is 3. The van der Waals surface area contributed by atoms with Crippen LogP contribution in [0, 0.1) is 34.0 Å². The Morgan fingerprint density at radius 2 is 1.50 bits per heavy atom. The first-order chi connectivity index (χ1) is 11.7. The van der Waals surface area contributed by atoms with Crippen LogP contribution in [0.1, 0.15) is 5.56 Å². The summed E-state index contributed by atoms with van der Waals surface area (Å²) in [5.41, 5.74) is 0.920. The molecule has 0 radical (unpaired) electrons. The van der Waals surface area contributed by atoms with Gasteiger partial charge in [-0.25, -0.2) is 4.99 Å². The first-order valence-electron chi connectivity index (χ1n) is 6.79. The van der Waals surface area contributed by atoms with Crippen molar-refractivity contribution in [1.82, 2.24) is 0 Å². The Kier molecular flexibility index (Phi) is 5.86. The van der Waals surface area contributed by atoms with E-state index in [1.807, 2.05) is 54.6 Å². The van der Waals surface area contributed by atoms with Gasteiger partial charge in [-0.05, 0) is 24.3 Å². The number of benzene rings is 2. The predicted octanol–water partition coefficient (Wildman–Crippen LogP) is 4.13. The van der Waals surface area contributed by atoms with Crippen LogP contribution in [0.4, 0.5) is 5.69 Å². The number of amidine groups is 1. The smallest absolute Gasteiger partial charge is 0.171 e.